The van der Waals surface area contributed by atoms with Crippen molar-refractivity contribution in [3.63, 3.8) is 0 Å². The molecule has 0 aromatic carbocycles. The second kappa shape index (κ2) is 5.92. The maximum Gasteiger partial charge on any atom is 0.180 e. The van der Waals surface area contributed by atoms with E-state index in [2.05, 4.69) is 10.9 Å². The summed E-state index contributed by atoms with van der Waals surface area (Å²) in [5.41, 5.74) is -1.95. The monoisotopic (exact) mass is 332 g/mol. The van der Waals surface area contributed by atoms with E-state index in [0.29, 0.717) is 0 Å². The van der Waals surface area contributed by atoms with E-state index in [1.807, 2.05) is 0 Å². The van der Waals surface area contributed by atoms with Crippen molar-refractivity contribution in [2.45, 2.75) is 17.9 Å². The van der Waals surface area contributed by atoms with Crippen LogP contribution in [0.25, 0.3) is 0 Å². The van der Waals surface area contributed by atoms with E-state index in [0.717, 1.165) is 10.8 Å². The number of terminal acetylenes is 1. The molecule has 0 saturated carbocycles. The van der Waals surface area contributed by atoms with Crippen LogP contribution in [-0.2, 0) is 4.74 Å². The number of nitrogens with zero attached hydrogens (tertiary/aromatic N) is 1. The van der Waals surface area contributed by atoms with Crippen LogP contribution < -0.4 is 0 Å². The maximum atomic E-state index is 13.6. The lowest BCUT2D eigenvalue weighted by atomic mass is 9.86. The van der Waals surface area contributed by atoms with E-state index in [-0.39, 0.29) is 9.41 Å². The van der Waals surface area contributed by atoms with Gasteiger partial charge in [0.05, 0.1) is 25.2 Å². The number of ether oxygens (including phenoxy) is 1. The second-order valence-corrected chi connectivity index (χ2v) is 5.41. The van der Waals surface area contributed by atoms with E-state index in [4.69, 9.17) is 35.6 Å². The van der Waals surface area contributed by atoms with Crippen molar-refractivity contribution >= 4 is 24.4 Å². The lowest BCUT2D eigenvalue weighted by molar-refractivity contribution is -0.0744. The van der Waals surface area contributed by atoms with Crippen LogP contribution in [0, 0.1) is 33.5 Å². The smallest absolute Gasteiger partial charge is 0.180 e. The molecular weight excluding hydrogens is 319 g/mol. The minimum absolute atomic E-state index is 0.00430. The molecule has 21 heavy (non-hydrogen) atoms. The van der Waals surface area contributed by atoms with Gasteiger partial charge >= 0.3 is 0 Å². The van der Waals surface area contributed by atoms with Gasteiger partial charge in [-0.25, -0.2) is 4.39 Å². The Hall–Kier alpha value is -1.15. The van der Waals surface area contributed by atoms with Crippen molar-refractivity contribution in [1.29, 1.82) is 0 Å². The van der Waals surface area contributed by atoms with Gasteiger partial charge in [0.2, 0.25) is 0 Å². The first-order valence-corrected chi connectivity index (χ1v) is 6.79. The fourth-order valence-corrected chi connectivity index (χ4v) is 2.81. The first-order chi connectivity index (χ1) is 9.88. The van der Waals surface area contributed by atoms with Crippen molar-refractivity contribution in [3.8, 4) is 12.3 Å². The van der Waals surface area contributed by atoms with Gasteiger partial charge in [0.1, 0.15) is 4.64 Å². The molecule has 0 radical (unpaired) electrons. The van der Waals surface area contributed by atoms with Gasteiger partial charge in [-0.15, -0.1) is 6.42 Å². The number of nitrogens with one attached hydrogen (secondary N) is 1. The number of hydrogen-bond donors (Lipinski definition) is 4. The average molecular weight is 332 g/mol. The van der Waals surface area contributed by atoms with Gasteiger partial charge in [-0.1, -0.05) is 18.1 Å². The molecule has 4 N–H and O–H groups in total. The Balaban J connectivity index is 2.58. The highest BCUT2D eigenvalue weighted by atomic mass is 32.1. The first kappa shape index (κ1) is 16.2. The third kappa shape index (κ3) is 2.55. The molecule has 1 saturated heterocycles. The van der Waals surface area contributed by atoms with Crippen LogP contribution in [-0.4, -0.2) is 49.8 Å². The minimum Gasteiger partial charge on any atom is -0.396 e. The summed E-state index contributed by atoms with van der Waals surface area (Å²) < 4.78 is 20.0. The summed E-state index contributed by atoms with van der Waals surface area (Å²) in [5.74, 6) is 0.437. The second-order valence-electron chi connectivity index (χ2n) is 4.61. The summed E-state index contributed by atoms with van der Waals surface area (Å²) in [6.45, 7) is -0.981. The van der Waals surface area contributed by atoms with Crippen molar-refractivity contribution in [2.24, 2.45) is 5.92 Å². The molecule has 0 aliphatic carbocycles. The van der Waals surface area contributed by atoms with Gasteiger partial charge in [0, 0.05) is 6.20 Å². The normalized spacial score (nSPS) is 32.0. The third-order valence-corrected chi connectivity index (χ3v) is 4.09. The third-order valence-electron chi connectivity index (χ3n) is 3.48. The molecule has 114 valence electrons. The standard InChI is InChI=1S/C12H13FN2O4S2/c1-2-12(18)6(4-16)8(5-17)19-10(12)15-3-7(13)9(20)14-11(15)21/h1,3,6,8,10,16-18H,4-5H2,(H,14,20,21)/t6?,8-,10-,12?/m1/s1. The Kier molecular flexibility index (Phi) is 4.57. The van der Waals surface area contributed by atoms with E-state index < -0.39 is 42.9 Å². The summed E-state index contributed by atoms with van der Waals surface area (Å²) in [4.78, 5) is 2.44. The molecule has 1 aliphatic heterocycles. The molecule has 4 atom stereocenters. The van der Waals surface area contributed by atoms with E-state index in [9.17, 15) is 19.7 Å². The molecular formula is C12H13FN2O4S2. The van der Waals surface area contributed by atoms with Crippen LogP contribution in [0.5, 0.6) is 0 Å². The number of hydrogen-bond acceptors (Lipinski definition) is 6. The maximum absolute atomic E-state index is 13.6. The molecule has 0 spiro atoms. The summed E-state index contributed by atoms with van der Waals surface area (Å²) >= 11 is 9.74. The topological polar surface area (TPSA) is 90.6 Å². The molecule has 2 unspecified atom stereocenters. The Morgan fingerprint density at radius 2 is 2.14 bits per heavy atom. The van der Waals surface area contributed by atoms with Crippen molar-refractivity contribution < 1.29 is 24.4 Å². The number of aliphatic hydroxyl groups is 3. The number of H-pyrrole nitrogens is 1. The zero-order chi connectivity index (χ0) is 15.8. The fraction of sp³-hybridized carbons (Fsp3) is 0.500. The van der Waals surface area contributed by atoms with Crippen LogP contribution in [0.3, 0.4) is 0 Å². The number of aliphatic hydroxyl groups excluding tert-OH is 2. The molecule has 0 amide bonds. The predicted molar refractivity (Wildman–Crippen MR) is 75.8 cm³/mol. The lowest BCUT2D eigenvalue weighted by Gasteiger charge is -2.28. The largest absolute Gasteiger partial charge is 0.396 e. The Labute approximate surface area is 129 Å². The highest BCUT2D eigenvalue weighted by molar-refractivity contribution is 7.72. The Morgan fingerprint density at radius 3 is 2.67 bits per heavy atom. The molecule has 2 rings (SSSR count). The molecule has 9 heteroatoms. The van der Waals surface area contributed by atoms with Gasteiger partial charge in [-0.3, -0.25) is 4.57 Å². The number of halogens is 1. The summed E-state index contributed by atoms with van der Waals surface area (Å²) in [6, 6.07) is 0. The first-order valence-electron chi connectivity index (χ1n) is 5.97. The molecule has 1 aromatic heterocycles. The molecule has 1 aliphatic rings. The Morgan fingerprint density at radius 1 is 1.48 bits per heavy atom. The van der Waals surface area contributed by atoms with Crippen LogP contribution in [0.2, 0.25) is 0 Å². The summed E-state index contributed by atoms with van der Waals surface area (Å²) in [5, 5.41) is 29.3. The number of rotatable bonds is 3. The van der Waals surface area contributed by atoms with E-state index in [1.165, 1.54) is 0 Å². The highest BCUT2D eigenvalue weighted by Crippen LogP contribution is 2.42. The minimum atomic E-state index is -1.95. The molecule has 2 heterocycles. The average Bonchev–Trinajstić information content (AvgIpc) is 2.75. The van der Waals surface area contributed by atoms with E-state index >= 15 is 0 Å². The molecule has 1 fully saturated rings. The number of aromatic nitrogens is 2. The fourth-order valence-electron chi connectivity index (χ4n) is 2.35. The van der Waals surface area contributed by atoms with Crippen molar-refractivity contribution in [3.05, 3.63) is 21.4 Å². The zero-order valence-corrected chi connectivity index (χ0v) is 12.3. The van der Waals surface area contributed by atoms with Crippen molar-refractivity contribution in [2.75, 3.05) is 13.2 Å². The molecule has 0 bridgehead atoms. The molecule has 6 nitrogen and oxygen atoms in total. The lowest BCUT2D eigenvalue weighted by Crippen LogP contribution is -2.43. The van der Waals surface area contributed by atoms with E-state index in [1.54, 1.807) is 0 Å². The summed E-state index contributed by atoms with van der Waals surface area (Å²) in [7, 11) is 0. The van der Waals surface area contributed by atoms with Gasteiger partial charge in [-0.2, -0.15) is 0 Å². The predicted octanol–water partition coefficient (Wildman–Crippen LogP) is 0.277. The van der Waals surface area contributed by atoms with Crippen LogP contribution in [0.15, 0.2) is 6.20 Å². The zero-order valence-electron chi connectivity index (χ0n) is 10.7. The summed E-state index contributed by atoms with van der Waals surface area (Å²) in [6.07, 6.45) is 4.15. The van der Waals surface area contributed by atoms with Gasteiger partial charge < -0.3 is 25.0 Å². The SMILES string of the molecule is C#CC1(O)C(CO)[C@@H](CO)O[C@H]1n1cc(F)c(=S)[nH]c1=S. The van der Waals surface area contributed by atoms with Crippen LogP contribution in [0.4, 0.5) is 4.39 Å². The van der Waals surface area contributed by atoms with Crippen molar-refractivity contribution in [1.82, 2.24) is 9.55 Å². The van der Waals surface area contributed by atoms with Crippen LogP contribution >= 0.6 is 24.4 Å². The molecule has 1 aromatic rings. The van der Waals surface area contributed by atoms with Gasteiger partial charge in [0.25, 0.3) is 0 Å². The van der Waals surface area contributed by atoms with Gasteiger partial charge in [-0.05, 0) is 12.2 Å². The van der Waals surface area contributed by atoms with Crippen LogP contribution in [0.1, 0.15) is 6.23 Å². The quantitative estimate of drug-likeness (QED) is 0.469. The number of aromatic amines is 1. The Bertz CT molecular complexity index is 698. The van der Waals surface area contributed by atoms with Gasteiger partial charge in [0.15, 0.2) is 22.4 Å². The highest BCUT2D eigenvalue weighted by Gasteiger charge is 2.55.